The van der Waals surface area contributed by atoms with Crippen molar-refractivity contribution < 1.29 is 14.6 Å². The molecule has 0 spiro atoms. The summed E-state index contributed by atoms with van der Waals surface area (Å²) in [4.78, 5) is 15.1. The summed E-state index contributed by atoms with van der Waals surface area (Å²) in [6.07, 6.45) is 3.56. The van der Waals surface area contributed by atoms with E-state index in [2.05, 4.69) is 18.7 Å². The number of nitrogens with zero attached hydrogens (tertiary/aromatic N) is 2. The third-order valence-electron chi connectivity index (χ3n) is 3.66. The molecule has 0 aromatic heterocycles. The van der Waals surface area contributed by atoms with Crippen molar-refractivity contribution in [1.29, 1.82) is 0 Å². The second kappa shape index (κ2) is 8.51. The number of ether oxygens (including phenoxy) is 1. The Hall–Kier alpha value is -0.650. The predicted octanol–water partition coefficient (Wildman–Crippen LogP) is 1.28. The number of carboxylic acids is 1. The molecule has 1 heterocycles. The van der Waals surface area contributed by atoms with Crippen LogP contribution < -0.4 is 0 Å². The van der Waals surface area contributed by atoms with Crippen molar-refractivity contribution in [2.45, 2.75) is 45.3 Å². The van der Waals surface area contributed by atoms with Gasteiger partial charge in [-0.05, 0) is 53.2 Å². The first kappa shape index (κ1) is 16.4. The second-order valence-corrected chi connectivity index (χ2v) is 5.65. The first-order chi connectivity index (χ1) is 8.99. The SMILES string of the molecule is CC(C)OCCN1CCCC(N(C)CC(=O)O)CC1. The lowest BCUT2D eigenvalue weighted by Gasteiger charge is -2.25. The Morgan fingerprint density at radius 3 is 2.79 bits per heavy atom. The molecule has 0 aliphatic carbocycles. The molecule has 5 heteroatoms. The first-order valence-electron chi connectivity index (χ1n) is 7.25. The lowest BCUT2D eigenvalue weighted by atomic mass is 10.1. The number of aliphatic carboxylic acids is 1. The average Bonchev–Trinajstić information content (AvgIpc) is 2.53. The van der Waals surface area contributed by atoms with E-state index in [4.69, 9.17) is 9.84 Å². The highest BCUT2D eigenvalue weighted by Gasteiger charge is 2.21. The summed E-state index contributed by atoms with van der Waals surface area (Å²) < 4.78 is 5.58. The standard InChI is InChI=1S/C14H28N2O3/c1-12(2)19-10-9-16-7-4-5-13(6-8-16)15(3)11-14(17)18/h12-13H,4-11H2,1-3H3,(H,17,18). The fourth-order valence-corrected chi connectivity index (χ4v) is 2.56. The number of hydrogen-bond acceptors (Lipinski definition) is 4. The molecule has 0 amide bonds. The van der Waals surface area contributed by atoms with Gasteiger partial charge in [0.2, 0.25) is 0 Å². The molecule has 1 aliphatic rings. The smallest absolute Gasteiger partial charge is 0.317 e. The van der Waals surface area contributed by atoms with Gasteiger partial charge in [-0.15, -0.1) is 0 Å². The maximum Gasteiger partial charge on any atom is 0.317 e. The van der Waals surface area contributed by atoms with Gasteiger partial charge in [0.25, 0.3) is 0 Å². The van der Waals surface area contributed by atoms with Crippen LogP contribution in [0.4, 0.5) is 0 Å². The third-order valence-corrected chi connectivity index (χ3v) is 3.66. The van der Waals surface area contributed by atoms with Gasteiger partial charge in [-0.1, -0.05) is 0 Å². The van der Waals surface area contributed by atoms with E-state index in [0.717, 1.165) is 45.5 Å². The minimum Gasteiger partial charge on any atom is -0.480 e. The predicted molar refractivity (Wildman–Crippen MR) is 75.4 cm³/mol. The summed E-state index contributed by atoms with van der Waals surface area (Å²) in [5, 5.41) is 8.84. The maximum absolute atomic E-state index is 10.7. The van der Waals surface area contributed by atoms with Crippen LogP contribution in [0.1, 0.15) is 33.1 Å². The van der Waals surface area contributed by atoms with Crippen LogP contribution in [0.2, 0.25) is 0 Å². The van der Waals surface area contributed by atoms with E-state index in [-0.39, 0.29) is 6.54 Å². The molecule has 1 aliphatic heterocycles. The Kier molecular flexibility index (Phi) is 7.34. The molecule has 0 aromatic rings. The second-order valence-electron chi connectivity index (χ2n) is 5.65. The van der Waals surface area contributed by atoms with E-state index in [1.807, 2.05) is 11.9 Å². The molecule has 1 unspecified atom stereocenters. The highest BCUT2D eigenvalue weighted by atomic mass is 16.5. The Labute approximate surface area is 116 Å². The highest BCUT2D eigenvalue weighted by Crippen LogP contribution is 2.15. The lowest BCUT2D eigenvalue weighted by Crippen LogP contribution is -2.37. The van der Waals surface area contributed by atoms with Gasteiger partial charge in [0, 0.05) is 12.6 Å². The molecular formula is C14H28N2O3. The minimum absolute atomic E-state index is 0.140. The van der Waals surface area contributed by atoms with Crippen LogP contribution in [-0.2, 0) is 9.53 Å². The van der Waals surface area contributed by atoms with Crippen LogP contribution in [0.25, 0.3) is 0 Å². The van der Waals surface area contributed by atoms with Gasteiger partial charge >= 0.3 is 5.97 Å². The van der Waals surface area contributed by atoms with Crippen molar-refractivity contribution in [3.63, 3.8) is 0 Å². The Bertz CT molecular complexity index is 271. The van der Waals surface area contributed by atoms with Crippen molar-refractivity contribution >= 4 is 5.97 Å². The van der Waals surface area contributed by atoms with Gasteiger partial charge in [-0.2, -0.15) is 0 Å². The zero-order valence-electron chi connectivity index (χ0n) is 12.5. The van der Waals surface area contributed by atoms with Crippen molar-refractivity contribution in [3.8, 4) is 0 Å². The van der Waals surface area contributed by atoms with Crippen molar-refractivity contribution in [2.24, 2.45) is 0 Å². The molecule has 19 heavy (non-hydrogen) atoms. The topological polar surface area (TPSA) is 53.0 Å². The van der Waals surface area contributed by atoms with E-state index in [1.165, 1.54) is 0 Å². The molecule has 1 saturated heterocycles. The first-order valence-corrected chi connectivity index (χ1v) is 7.25. The molecule has 0 aromatic carbocycles. The molecule has 1 N–H and O–H groups in total. The quantitative estimate of drug-likeness (QED) is 0.756. The van der Waals surface area contributed by atoms with Crippen molar-refractivity contribution in [2.75, 3.05) is 39.8 Å². The largest absolute Gasteiger partial charge is 0.480 e. The summed E-state index contributed by atoms with van der Waals surface area (Å²) in [6, 6.07) is 0.395. The molecule has 112 valence electrons. The summed E-state index contributed by atoms with van der Waals surface area (Å²) in [5.41, 5.74) is 0. The van der Waals surface area contributed by atoms with Crippen LogP contribution >= 0.6 is 0 Å². The summed E-state index contributed by atoms with van der Waals surface area (Å²) in [5.74, 6) is -0.742. The molecule has 1 atom stereocenters. The van der Waals surface area contributed by atoms with Crippen LogP contribution in [0, 0.1) is 0 Å². The number of rotatable bonds is 7. The number of likely N-dealkylation sites (N-methyl/N-ethyl adjacent to an activating group) is 1. The number of carbonyl (C=O) groups is 1. The average molecular weight is 272 g/mol. The number of hydrogen-bond donors (Lipinski definition) is 1. The van der Waals surface area contributed by atoms with Crippen LogP contribution in [-0.4, -0.2) is 72.9 Å². The lowest BCUT2D eigenvalue weighted by molar-refractivity contribution is -0.138. The number of likely N-dealkylation sites (tertiary alicyclic amines) is 1. The van der Waals surface area contributed by atoms with Gasteiger partial charge < -0.3 is 14.7 Å². The maximum atomic E-state index is 10.7. The Morgan fingerprint density at radius 1 is 1.42 bits per heavy atom. The normalized spacial score (nSPS) is 21.8. The highest BCUT2D eigenvalue weighted by molar-refractivity contribution is 5.69. The summed E-state index contributed by atoms with van der Waals surface area (Å²) in [7, 11) is 1.91. The molecule has 0 radical (unpaired) electrons. The summed E-state index contributed by atoms with van der Waals surface area (Å²) in [6.45, 7) is 8.15. The molecule has 5 nitrogen and oxygen atoms in total. The van der Waals surface area contributed by atoms with Gasteiger partial charge in [0.15, 0.2) is 0 Å². The summed E-state index contributed by atoms with van der Waals surface area (Å²) >= 11 is 0. The molecule has 1 rings (SSSR count). The molecular weight excluding hydrogens is 244 g/mol. The van der Waals surface area contributed by atoms with Crippen LogP contribution in [0.5, 0.6) is 0 Å². The monoisotopic (exact) mass is 272 g/mol. The fraction of sp³-hybridized carbons (Fsp3) is 0.929. The van der Waals surface area contributed by atoms with E-state index >= 15 is 0 Å². The molecule has 0 bridgehead atoms. The molecule has 1 fully saturated rings. The van der Waals surface area contributed by atoms with Gasteiger partial charge in [0.05, 0.1) is 19.3 Å². The third kappa shape index (κ3) is 6.89. The van der Waals surface area contributed by atoms with Gasteiger partial charge in [-0.25, -0.2) is 0 Å². The zero-order chi connectivity index (χ0) is 14.3. The van der Waals surface area contributed by atoms with Crippen LogP contribution in [0.3, 0.4) is 0 Å². The Balaban J connectivity index is 2.28. The van der Waals surface area contributed by atoms with E-state index < -0.39 is 5.97 Å². The van der Waals surface area contributed by atoms with Crippen molar-refractivity contribution in [3.05, 3.63) is 0 Å². The van der Waals surface area contributed by atoms with E-state index in [1.54, 1.807) is 0 Å². The van der Waals surface area contributed by atoms with E-state index in [9.17, 15) is 4.79 Å². The van der Waals surface area contributed by atoms with Crippen molar-refractivity contribution in [1.82, 2.24) is 9.80 Å². The van der Waals surface area contributed by atoms with Crippen LogP contribution in [0.15, 0.2) is 0 Å². The van der Waals surface area contributed by atoms with Gasteiger partial charge in [-0.3, -0.25) is 9.69 Å². The Morgan fingerprint density at radius 2 is 2.16 bits per heavy atom. The molecule has 0 saturated carbocycles. The fourth-order valence-electron chi connectivity index (χ4n) is 2.56. The van der Waals surface area contributed by atoms with Gasteiger partial charge in [0.1, 0.15) is 0 Å². The number of carboxylic acid groups (broad SMARTS) is 1. The minimum atomic E-state index is -0.742. The van der Waals surface area contributed by atoms with E-state index in [0.29, 0.717) is 12.1 Å². The zero-order valence-corrected chi connectivity index (χ0v) is 12.5.